The third-order valence-corrected chi connectivity index (χ3v) is 2.44. The molecule has 0 spiro atoms. The molecule has 1 rings (SSSR count). The molecular formula is C11H16FN3O2. The zero-order valence-corrected chi connectivity index (χ0v) is 9.94. The van der Waals surface area contributed by atoms with Crippen LogP contribution in [0.25, 0.3) is 0 Å². The largest absolute Gasteiger partial charge is 0.318 e. The van der Waals surface area contributed by atoms with Crippen molar-refractivity contribution in [3.8, 4) is 0 Å². The van der Waals surface area contributed by atoms with E-state index in [-0.39, 0.29) is 0 Å². The molecule has 0 atom stereocenters. The molecule has 0 aliphatic carbocycles. The second-order valence-corrected chi connectivity index (χ2v) is 3.85. The Morgan fingerprint density at radius 1 is 1.53 bits per heavy atom. The van der Waals surface area contributed by atoms with Gasteiger partial charge < -0.3 is 10.2 Å². The van der Waals surface area contributed by atoms with Crippen LogP contribution in [0.5, 0.6) is 0 Å². The highest BCUT2D eigenvalue weighted by molar-refractivity contribution is 5.36. The van der Waals surface area contributed by atoms with E-state index >= 15 is 0 Å². The number of nitro benzene ring substituents is 1. The summed E-state index contributed by atoms with van der Waals surface area (Å²) in [6, 6.07) is 4.24. The Bertz CT molecular complexity index is 398. The fourth-order valence-electron chi connectivity index (χ4n) is 1.50. The molecule has 0 amide bonds. The van der Waals surface area contributed by atoms with Crippen LogP contribution < -0.4 is 5.32 Å². The summed E-state index contributed by atoms with van der Waals surface area (Å²) < 4.78 is 13.7. The summed E-state index contributed by atoms with van der Waals surface area (Å²) in [4.78, 5) is 11.8. The lowest BCUT2D eigenvalue weighted by molar-refractivity contribution is -0.387. The standard InChI is InChI=1S/C11H16FN3O2/c1-13-6-7-14(2)8-9-4-3-5-10(11(9)12)15(16)17/h3-5,13H,6-8H2,1-2H3. The SMILES string of the molecule is CNCCN(C)Cc1cccc([N+](=O)[O-])c1F. The van der Waals surface area contributed by atoms with Crippen molar-refractivity contribution in [2.45, 2.75) is 6.54 Å². The van der Waals surface area contributed by atoms with Crippen molar-refractivity contribution < 1.29 is 9.31 Å². The van der Waals surface area contributed by atoms with Gasteiger partial charge in [-0.25, -0.2) is 0 Å². The van der Waals surface area contributed by atoms with Crippen molar-refractivity contribution >= 4 is 5.69 Å². The minimum absolute atomic E-state index is 0.345. The van der Waals surface area contributed by atoms with Crippen LogP contribution in [0, 0.1) is 15.9 Å². The van der Waals surface area contributed by atoms with Gasteiger partial charge in [0, 0.05) is 31.3 Å². The highest BCUT2D eigenvalue weighted by Crippen LogP contribution is 2.20. The highest BCUT2D eigenvalue weighted by atomic mass is 19.1. The van der Waals surface area contributed by atoms with Crippen LogP contribution in [0.3, 0.4) is 0 Å². The van der Waals surface area contributed by atoms with E-state index in [9.17, 15) is 14.5 Å². The van der Waals surface area contributed by atoms with Gasteiger partial charge in [0.25, 0.3) is 0 Å². The Kier molecular flexibility index (Phi) is 4.99. The summed E-state index contributed by atoms with van der Waals surface area (Å²) in [5.74, 6) is -0.742. The first kappa shape index (κ1) is 13.5. The molecule has 0 saturated heterocycles. The van der Waals surface area contributed by atoms with Crippen LogP contribution >= 0.6 is 0 Å². The first-order valence-corrected chi connectivity index (χ1v) is 5.31. The van der Waals surface area contributed by atoms with Crippen LogP contribution in [0.1, 0.15) is 5.56 Å². The summed E-state index contributed by atoms with van der Waals surface area (Å²) >= 11 is 0. The number of hydrogen-bond acceptors (Lipinski definition) is 4. The van der Waals surface area contributed by atoms with E-state index in [1.807, 2.05) is 19.0 Å². The number of nitrogens with one attached hydrogen (secondary N) is 1. The molecule has 1 aromatic rings. The summed E-state index contributed by atoms with van der Waals surface area (Å²) in [7, 11) is 3.68. The molecule has 0 fully saturated rings. The Balaban J connectivity index is 2.77. The molecule has 0 saturated carbocycles. The minimum Gasteiger partial charge on any atom is -0.318 e. The average Bonchev–Trinajstić information content (AvgIpc) is 2.28. The molecule has 5 nitrogen and oxygen atoms in total. The number of hydrogen-bond donors (Lipinski definition) is 1. The Labute approximate surface area is 99.4 Å². The molecule has 1 N–H and O–H groups in total. The van der Waals surface area contributed by atoms with Gasteiger partial charge in [0.2, 0.25) is 5.82 Å². The fraction of sp³-hybridized carbons (Fsp3) is 0.455. The first-order chi connectivity index (χ1) is 8.06. The second-order valence-electron chi connectivity index (χ2n) is 3.85. The Morgan fingerprint density at radius 2 is 2.24 bits per heavy atom. The molecular weight excluding hydrogens is 225 g/mol. The minimum atomic E-state index is -0.742. The van der Waals surface area contributed by atoms with Gasteiger partial charge in [0.05, 0.1) is 4.92 Å². The zero-order chi connectivity index (χ0) is 12.8. The predicted octanol–water partition coefficient (Wildman–Crippen LogP) is 1.39. The Hall–Kier alpha value is -1.53. The summed E-state index contributed by atoms with van der Waals surface area (Å²) in [5, 5.41) is 13.6. The number of nitrogens with zero attached hydrogens (tertiary/aromatic N) is 2. The van der Waals surface area contributed by atoms with Crippen molar-refractivity contribution in [3.63, 3.8) is 0 Å². The lowest BCUT2D eigenvalue weighted by atomic mass is 10.1. The van der Waals surface area contributed by atoms with Crippen LogP contribution in [0.4, 0.5) is 10.1 Å². The average molecular weight is 241 g/mol. The van der Waals surface area contributed by atoms with E-state index in [4.69, 9.17) is 0 Å². The zero-order valence-electron chi connectivity index (χ0n) is 9.94. The van der Waals surface area contributed by atoms with Gasteiger partial charge >= 0.3 is 5.69 Å². The van der Waals surface area contributed by atoms with E-state index in [1.54, 1.807) is 6.07 Å². The van der Waals surface area contributed by atoms with Crippen molar-refractivity contribution in [1.82, 2.24) is 10.2 Å². The highest BCUT2D eigenvalue weighted by Gasteiger charge is 2.17. The van der Waals surface area contributed by atoms with Crippen molar-refractivity contribution in [1.29, 1.82) is 0 Å². The molecule has 0 aliphatic rings. The summed E-state index contributed by atoms with van der Waals surface area (Å²) in [6.07, 6.45) is 0. The number of rotatable bonds is 6. The predicted molar refractivity (Wildman–Crippen MR) is 63.3 cm³/mol. The van der Waals surface area contributed by atoms with Crippen LogP contribution in [-0.2, 0) is 6.54 Å². The van der Waals surface area contributed by atoms with Gasteiger partial charge in [-0.3, -0.25) is 10.1 Å². The van der Waals surface area contributed by atoms with Crippen molar-refractivity contribution in [2.75, 3.05) is 27.2 Å². The van der Waals surface area contributed by atoms with E-state index in [0.717, 1.165) is 13.1 Å². The van der Waals surface area contributed by atoms with Crippen LogP contribution in [0.2, 0.25) is 0 Å². The summed E-state index contributed by atoms with van der Waals surface area (Å²) in [6.45, 7) is 1.89. The second kappa shape index (κ2) is 6.27. The fourth-order valence-corrected chi connectivity index (χ4v) is 1.50. The monoisotopic (exact) mass is 241 g/mol. The topological polar surface area (TPSA) is 58.4 Å². The molecule has 1 aromatic carbocycles. The molecule has 0 bridgehead atoms. The van der Waals surface area contributed by atoms with Gasteiger partial charge in [-0.05, 0) is 14.1 Å². The maximum absolute atomic E-state index is 13.7. The molecule has 94 valence electrons. The summed E-state index contributed by atoms with van der Waals surface area (Å²) in [5.41, 5.74) is -0.123. The molecule has 0 unspecified atom stereocenters. The number of nitro groups is 1. The lowest BCUT2D eigenvalue weighted by Gasteiger charge is -2.16. The third kappa shape index (κ3) is 3.76. The maximum atomic E-state index is 13.7. The number of halogens is 1. The first-order valence-electron chi connectivity index (χ1n) is 5.31. The lowest BCUT2D eigenvalue weighted by Crippen LogP contribution is -2.27. The maximum Gasteiger partial charge on any atom is 0.305 e. The van der Waals surface area contributed by atoms with Crippen molar-refractivity contribution in [3.05, 3.63) is 39.7 Å². The Morgan fingerprint density at radius 3 is 2.82 bits per heavy atom. The molecule has 0 radical (unpaired) electrons. The molecule has 0 aromatic heterocycles. The third-order valence-electron chi connectivity index (χ3n) is 2.44. The van der Waals surface area contributed by atoms with Gasteiger partial charge in [0.15, 0.2) is 0 Å². The van der Waals surface area contributed by atoms with Gasteiger partial charge in [0.1, 0.15) is 0 Å². The van der Waals surface area contributed by atoms with Gasteiger partial charge in [-0.2, -0.15) is 4.39 Å². The van der Waals surface area contributed by atoms with Gasteiger partial charge in [-0.15, -0.1) is 0 Å². The number of likely N-dealkylation sites (N-methyl/N-ethyl adjacent to an activating group) is 2. The van der Waals surface area contributed by atoms with Crippen molar-refractivity contribution in [2.24, 2.45) is 0 Å². The quantitative estimate of drug-likeness (QED) is 0.604. The molecule has 0 aliphatic heterocycles. The van der Waals surface area contributed by atoms with E-state index in [1.165, 1.54) is 12.1 Å². The molecule has 17 heavy (non-hydrogen) atoms. The molecule has 6 heteroatoms. The number of benzene rings is 1. The van der Waals surface area contributed by atoms with E-state index in [2.05, 4.69) is 5.32 Å². The normalized spacial score (nSPS) is 10.8. The van der Waals surface area contributed by atoms with Gasteiger partial charge in [-0.1, -0.05) is 12.1 Å². The van der Waals surface area contributed by atoms with E-state index in [0.29, 0.717) is 12.1 Å². The smallest absolute Gasteiger partial charge is 0.305 e. The van der Waals surface area contributed by atoms with Crippen LogP contribution in [0.15, 0.2) is 18.2 Å². The van der Waals surface area contributed by atoms with Crippen LogP contribution in [-0.4, -0.2) is 37.0 Å². The molecule has 0 heterocycles. The van der Waals surface area contributed by atoms with E-state index < -0.39 is 16.4 Å².